The largest absolute Gasteiger partial charge is 0.385 e. The number of ether oxygens (including phenoxy) is 1. The van der Waals surface area contributed by atoms with Gasteiger partial charge in [0.2, 0.25) is 3.79 Å². The molecular weight excluding hydrogens is 252 g/mol. The van der Waals surface area contributed by atoms with E-state index in [2.05, 4.69) is 0 Å². The summed E-state index contributed by atoms with van der Waals surface area (Å²) < 4.78 is 3.14. The van der Waals surface area contributed by atoms with E-state index < -0.39 is 16.0 Å². The zero-order chi connectivity index (χ0) is 10.9. The highest BCUT2D eigenvalue weighted by Gasteiger charge is 2.44. The number of aliphatic hydroxyl groups is 1. The van der Waals surface area contributed by atoms with Crippen LogP contribution in [0.5, 0.6) is 0 Å². The lowest BCUT2D eigenvalue weighted by atomic mass is 10.1. The van der Waals surface area contributed by atoms with Crippen LogP contribution in [0.15, 0.2) is 0 Å². The Balaban J connectivity index is 2.72. The zero-order valence-electron chi connectivity index (χ0n) is 7.41. The van der Waals surface area contributed by atoms with Gasteiger partial charge < -0.3 is 14.7 Å². The van der Waals surface area contributed by atoms with Gasteiger partial charge in [0.1, 0.15) is 6.10 Å². The van der Waals surface area contributed by atoms with Crippen molar-refractivity contribution in [3.63, 3.8) is 0 Å². The fourth-order valence-corrected chi connectivity index (χ4v) is 1.46. The van der Waals surface area contributed by atoms with E-state index in [1.54, 1.807) is 7.05 Å². The lowest BCUT2D eigenvalue weighted by Gasteiger charge is -2.34. The Morgan fingerprint density at radius 1 is 1.64 bits per heavy atom. The molecule has 0 aromatic rings. The quantitative estimate of drug-likeness (QED) is 0.703. The summed E-state index contributed by atoms with van der Waals surface area (Å²) in [5.41, 5.74) is 0. The molecule has 1 rings (SSSR count). The Morgan fingerprint density at radius 2 is 2.21 bits per heavy atom. The molecule has 2 atom stereocenters. The number of hydrogen-bond acceptors (Lipinski definition) is 3. The maximum Gasteiger partial charge on any atom is 0.254 e. The maximum atomic E-state index is 11.5. The third-order valence-electron chi connectivity index (χ3n) is 1.97. The van der Waals surface area contributed by atoms with Crippen LogP contribution in [0.3, 0.4) is 0 Å². The molecule has 0 aliphatic carbocycles. The van der Waals surface area contributed by atoms with Gasteiger partial charge in [0.05, 0.1) is 6.61 Å². The second kappa shape index (κ2) is 4.41. The zero-order valence-corrected chi connectivity index (χ0v) is 9.68. The predicted octanol–water partition coefficient (Wildman–Crippen LogP) is 0.575. The van der Waals surface area contributed by atoms with Crippen LogP contribution in [0.25, 0.3) is 0 Å². The first-order valence-corrected chi connectivity index (χ1v) is 5.09. The molecule has 82 valence electrons. The molecule has 1 heterocycles. The number of alkyl halides is 3. The minimum Gasteiger partial charge on any atom is -0.385 e. The smallest absolute Gasteiger partial charge is 0.254 e. The minimum atomic E-state index is -1.92. The van der Waals surface area contributed by atoms with Gasteiger partial charge in [0.15, 0.2) is 6.10 Å². The number of nitrogens with zero attached hydrogens (tertiary/aromatic N) is 1. The molecule has 1 N–H and O–H groups in total. The first-order valence-electron chi connectivity index (χ1n) is 3.95. The fraction of sp³-hybridized carbons (Fsp3) is 0.857. The number of carbonyl (C=O) groups excluding carboxylic acids is 1. The van der Waals surface area contributed by atoms with Crippen LogP contribution in [0.2, 0.25) is 0 Å². The van der Waals surface area contributed by atoms with E-state index >= 15 is 0 Å². The Labute approximate surface area is 96.7 Å². The van der Waals surface area contributed by atoms with Gasteiger partial charge in [-0.2, -0.15) is 0 Å². The van der Waals surface area contributed by atoms with E-state index in [1.807, 2.05) is 0 Å². The van der Waals surface area contributed by atoms with Crippen molar-refractivity contribution in [2.75, 3.05) is 20.2 Å². The summed E-state index contributed by atoms with van der Waals surface area (Å²) in [6, 6.07) is 0. The van der Waals surface area contributed by atoms with Gasteiger partial charge in [-0.25, -0.2) is 0 Å². The second-order valence-electron chi connectivity index (χ2n) is 3.04. The number of halogens is 3. The standard InChI is InChI=1S/C7H10Cl3NO3/c1-11-2-3-14-4(6(11)13)5(12)7(8,9)10/h4-5,12H,2-3H2,1H3/t4-,5-/m1/s1. The van der Waals surface area contributed by atoms with Gasteiger partial charge >= 0.3 is 0 Å². The molecule has 1 saturated heterocycles. The van der Waals surface area contributed by atoms with Crippen molar-refractivity contribution in [1.82, 2.24) is 4.90 Å². The molecule has 1 amide bonds. The molecule has 0 bridgehead atoms. The van der Waals surface area contributed by atoms with Crippen LogP contribution in [-0.4, -0.2) is 52.1 Å². The van der Waals surface area contributed by atoms with Crippen LogP contribution >= 0.6 is 34.8 Å². The van der Waals surface area contributed by atoms with Crippen LogP contribution in [0.1, 0.15) is 0 Å². The van der Waals surface area contributed by atoms with Crippen molar-refractivity contribution in [2.24, 2.45) is 0 Å². The summed E-state index contributed by atoms with van der Waals surface area (Å²) in [5, 5.41) is 9.53. The third kappa shape index (κ3) is 2.64. The number of hydrogen-bond donors (Lipinski definition) is 1. The van der Waals surface area contributed by atoms with Gasteiger partial charge in [0.25, 0.3) is 5.91 Å². The molecule has 0 radical (unpaired) electrons. The molecule has 1 fully saturated rings. The van der Waals surface area contributed by atoms with Gasteiger partial charge in [0, 0.05) is 13.6 Å². The summed E-state index contributed by atoms with van der Waals surface area (Å²) in [6.07, 6.45) is -2.55. The third-order valence-corrected chi connectivity index (χ3v) is 2.64. The second-order valence-corrected chi connectivity index (χ2v) is 5.41. The van der Waals surface area contributed by atoms with Gasteiger partial charge in [-0.15, -0.1) is 0 Å². The normalized spacial score (nSPS) is 26.5. The number of aliphatic hydroxyl groups excluding tert-OH is 1. The molecule has 0 spiro atoms. The summed E-state index contributed by atoms with van der Waals surface area (Å²) in [6.45, 7) is 0.798. The fourth-order valence-electron chi connectivity index (χ4n) is 1.11. The van der Waals surface area contributed by atoms with Crippen molar-refractivity contribution in [3.05, 3.63) is 0 Å². The molecule has 1 aliphatic heterocycles. The van der Waals surface area contributed by atoms with E-state index in [-0.39, 0.29) is 5.91 Å². The minimum absolute atomic E-state index is 0.324. The van der Waals surface area contributed by atoms with Crippen molar-refractivity contribution in [3.8, 4) is 0 Å². The molecule has 0 aromatic carbocycles. The first-order chi connectivity index (χ1) is 6.34. The van der Waals surface area contributed by atoms with E-state index in [0.29, 0.717) is 13.2 Å². The summed E-state index contributed by atoms with van der Waals surface area (Å²) in [4.78, 5) is 12.9. The molecular formula is C7H10Cl3NO3. The number of carbonyl (C=O) groups is 1. The lowest BCUT2D eigenvalue weighted by molar-refractivity contribution is -0.160. The number of amides is 1. The highest BCUT2D eigenvalue weighted by molar-refractivity contribution is 6.68. The van der Waals surface area contributed by atoms with Crippen LogP contribution in [0, 0.1) is 0 Å². The Morgan fingerprint density at radius 3 is 2.71 bits per heavy atom. The van der Waals surface area contributed by atoms with E-state index in [4.69, 9.17) is 39.5 Å². The number of morpholine rings is 1. The summed E-state index contributed by atoms with van der Waals surface area (Å²) in [5.74, 6) is -0.380. The van der Waals surface area contributed by atoms with Crippen LogP contribution in [-0.2, 0) is 9.53 Å². The lowest BCUT2D eigenvalue weighted by Crippen LogP contribution is -2.54. The van der Waals surface area contributed by atoms with Crippen LogP contribution < -0.4 is 0 Å². The first kappa shape index (κ1) is 12.3. The summed E-state index contributed by atoms with van der Waals surface area (Å²) in [7, 11) is 1.60. The van der Waals surface area contributed by atoms with Crippen LogP contribution in [0.4, 0.5) is 0 Å². The Bertz CT molecular complexity index is 231. The Hall–Kier alpha value is 0.260. The van der Waals surface area contributed by atoms with Gasteiger partial charge in [-0.1, -0.05) is 34.8 Å². The Kier molecular flexibility index (Phi) is 3.88. The molecule has 0 unspecified atom stereocenters. The topological polar surface area (TPSA) is 49.8 Å². The average Bonchev–Trinajstić information content (AvgIpc) is 2.07. The maximum absolute atomic E-state index is 11.5. The average molecular weight is 263 g/mol. The molecule has 0 aromatic heterocycles. The number of rotatable bonds is 1. The van der Waals surface area contributed by atoms with E-state index in [9.17, 15) is 9.90 Å². The van der Waals surface area contributed by atoms with Crippen molar-refractivity contribution in [1.29, 1.82) is 0 Å². The highest BCUT2D eigenvalue weighted by Crippen LogP contribution is 2.33. The van der Waals surface area contributed by atoms with Gasteiger partial charge in [-0.05, 0) is 0 Å². The van der Waals surface area contributed by atoms with E-state index in [1.165, 1.54) is 4.90 Å². The predicted molar refractivity (Wildman–Crippen MR) is 53.7 cm³/mol. The molecule has 14 heavy (non-hydrogen) atoms. The van der Waals surface area contributed by atoms with Crippen molar-refractivity contribution in [2.45, 2.75) is 16.0 Å². The number of likely N-dealkylation sites (N-methyl/N-ethyl adjacent to an activating group) is 1. The van der Waals surface area contributed by atoms with Crippen molar-refractivity contribution >= 4 is 40.7 Å². The SMILES string of the molecule is CN1CCO[C@H]([C@@H](O)C(Cl)(Cl)Cl)C1=O. The van der Waals surface area contributed by atoms with Crippen molar-refractivity contribution < 1.29 is 14.6 Å². The molecule has 0 saturated carbocycles. The summed E-state index contributed by atoms with van der Waals surface area (Å²) >= 11 is 16.4. The molecule has 7 heteroatoms. The van der Waals surface area contributed by atoms with E-state index in [0.717, 1.165) is 0 Å². The molecule has 4 nitrogen and oxygen atoms in total. The highest BCUT2D eigenvalue weighted by atomic mass is 35.6. The van der Waals surface area contributed by atoms with Gasteiger partial charge in [-0.3, -0.25) is 4.79 Å². The monoisotopic (exact) mass is 261 g/mol. The molecule has 1 aliphatic rings.